The first-order valence-corrected chi connectivity index (χ1v) is 10.9. The van der Waals surface area contributed by atoms with Gasteiger partial charge in [-0.15, -0.1) is 40.4 Å². The molecule has 1 radical (unpaired) electrons. The molecule has 0 spiro atoms. The van der Waals surface area contributed by atoms with Crippen molar-refractivity contribution in [3.63, 3.8) is 0 Å². The van der Waals surface area contributed by atoms with Crippen LogP contribution < -0.4 is 0 Å². The molecule has 7 rings (SSSR count). The van der Waals surface area contributed by atoms with Gasteiger partial charge in [0, 0.05) is 32.7 Å². The molecular formula is C32H18Y-2. The van der Waals surface area contributed by atoms with E-state index in [1.54, 1.807) is 0 Å². The number of benzene rings is 7. The molecule has 0 atom stereocenters. The van der Waals surface area contributed by atoms with Crippen LogP contribution in [0, 0.1) is 12.1 Å². The molecule has 0 aliphatic heterocycles. The van der Waals surface area contributed by atoms with Crippen molar-refractivity contribution >= 4 is 53.9 Å². The van der Waals surface area contributed by atoms with Crippen LogP contribution in [-0.2, 0) is 32.7 Å². The molecule has 0 amide bonds. The van der Waals surface area contributed by atoms with Crippen LogP contribution in [0.5, 0.6) is 0 Å². The molecule has 1 heteroatoms. The monoisotopic (exact) mass is 491 g/mol. The van der Waals surface area contributed by atoms with Gasteiger partial charge in [-0.25, -0.2) is 5.56 Å². The molecule has 0 aromatic heterocycles. The van der Waals surface area contributed by atoms with Crippen molar-refractivity contribution in [2.24, 2.45) is 0 Å². The average Bonchev–Trinajstić information content (AvgIpc) is 2.84. The van der Waals surface area contributed by atoms with E-state index in [0.717, 1.165) is 16.5 Å². The predicted molar refractivity (Wildman–Crippen MR) is 137 cm³/mol. The van der Waals surface area contributed by atoms with E-state index in [0.29, 0.717) is 0 Å². The smallest absolute Gasteiger partial charge is 0 e. The minimum Gasteiger partial charge on any atom is -0.202 e. The van der Waals surface area contributed by atoms with Gasteiger partial charge < -0.3 is 0 Å². The Balaban J connectivity index is 0.00000206. The van der Waals surface area contributed by atoms with Crippen molar-refractivity contribution in [2.75, 3.05) is 0 Å². The van der Waals surface area contributed by atoms with Gasteiger partial charge in [0.1, 0.15) is 0 Å². The molecule has 0 aliphatic carbocycles. The van der Waals surface area contributed by atoms with E-state index in [4.69, 9.17) is 0 Å². The van der Waals surface area contributed by atoms with Crippen molar-refractivity contribution in [3.05, 3.63) is 121 Å². The van der Waals surface area contributed by atoms with Crippen molar-refractivity contribution in [1.29, 1.82) is 0 Å². The van der Waals surface area contributed by atoms with E-state index < -0.39 is 0 Å². The van der Waals surface area contributed by atoms with Crippen LogP contribution in [0.4, 0.5) is 0 Å². The first-order chi connectivity index (χ1) is 15.8. The Labute approximate surface area is 217 Å². The zero-order valence-electron chi connectivity index (χ0n) is 18.0. The maximum Gasteiger partial charge on any atom is 0 e. The van der Waals surface area contributed by atoms with Gasteiger partial charge in [0.05, 0.1) is 0 Å². The third kappa shape index (κ3) is 3.46. The fourth-order valence-electron chi connectivity index (χ4n) is 4.90. The second-order valence-electron chi connectivity index (χ2n) is 8.50. The van der Waals surface area contributed by atoms with Crippen LogP contribution in [0.15, 0.2) is 109 Å². The Kier molecular flexibility index (Phi) is 5.02. The first-order valence-electron chi connectivity index (χ1n) is 10.9. The van der Waals surface area contributed by atoms with Gasteiger partial charge in [-0.1, -0.05) is 65.4 Å². The SMILES string of the molecule is [Y].[c-]1ccc2ccccc2c1-c1[c-]c2cc3cc4cc5ccccc5cc4cc3cc2cc1. The molecule has 0 N–H and O–H groups in total. The van der Waals surface area contributed by atoms with Gasteiger partial charge in [0.25, 0.3) is 0 Å². The van der Waals surface area contributed by atoms with E-state index in [-0.39, 0.29) is 32.7 Å². The van der Waals surface area contributed by atoms with Crippen molar-refractivity contribution in [2.45, 2.75) is 0 Å². The summed E-state index contributed by atoms with van der Waals surface area (Å²) in [6.45, 7) is 0. The summed E-state index contributed by atoms with van der Waals surface area (Å²) in [4.78, 5) is 0. The van der Waals surface area contributed by atoms with Crippen molar-refractivity contribution in [3.8, 4) is 11.1 Å². The Morgan fingerprint density at radius 2 is 1.03 bits per heavy atom. The molecule has 0 heterocycles. The normalized spacial score (nSPS) is 11.4. The second-order valence-corrected chi connectivity index (χ2v) is 8.50. The quantitative estimate of drug-likeness (QED) is 0.159. The summed E-state index contributed by atoms with van der Waals surface area (Å²) in [6, 6.07) is 46.4. The third-order valence-corrected chi connectivity index (χ3v) is 6.52. The van der Waals surface area contributed by atoms with Gasteiger partial charge in [-0.3, -0.25) is 0 Å². The molecule has 7 aromatic rings. The molecule has 0 unspecified atom stereocenters. The molecule has 7 aromatic carbocycles. The zero-order valence-corrected chi connectivity index (χ0v) is 20.8. The van der Waals surface area contributed by atoms with E-state index >= 15 is 0 Å². The summed E-state index contributed by atoms with van der Waals surface area (Å²) in [6.07, 6.45) is 0. The number of hydrogen-bond donors (Lipinski definition) is 0. The van der Waals surface area contributed by atoms with Crippen LogP contribution in [0.1, 0.15) is 0 Å². The zero-order chi connectivity index (χ0) is 21.1. The predicted octanol–water partition coefficient (Wildman–Crippen LogP) is 8.72. The fraction of sp³-hybridized carbons (Fsp3) is 0. The molecule has 0 fully saturated rings. The Bertz CT molecular complexity index is 1820. The molecule has 0 aliphatic rings. The van der Waals surface area contributed by atoms with Gasteiger partial charge in [-0.2, -0.15) is 29.8 Å². The maximum atomic E-state index is 3.67. The Morgan fingerprint density at radius 1 is 0.455 bits per heavy atom. The number of fused-ring (bicyclic) bond motifs is 5. The molecule has 0 nitrogen and oxygen atoms in total. The van der Waals surface area contributed by atoms with E-state index in [2.05, 4.69) is 115 Å². The molecule has 0 bridgehead atoms. The van der Waals surface area contributed by atoms with Crippen molar-refractivity contribution in [1.82, 2.24) is 0 Å². The summed E-state index contributed by atoms with van der Waals surface area (Å²) < 4.78 is 0. The largest absolute Gasteiger partial charge is 0.202 e. The second kappa shape index (κ2) is 8.06. The molecule has 33 heavy (non-hydrogen) atoms. The van der Waals surface area contributed by atoms with Crippen LogP contribution in [0.3, 0.4) is 0 Å². The van der Waals surface area contributed by atoms with E-state index in [9.17, 15) is 0 Å². The Morgan fingerprint density at radius 3 is 1.76 bits per heavy atom. The standard InChI is InChI=1S/C32H18.Y/c1-2-8-23-15-28-20-30-18-26-17-25(32-11-5-9-21-6-3-4-10-31(21)32)13-12-24(26)16-29(30)19-27(28)14-22(23)7-1;/h1-10,12-16,18-20H;/q-2;. The van der Waals surface area contributed by atoms with E-state index in [1.165, 1.54) is 48.5 Å². The summed E-state index contributed by atoms with van der Waals surface area (Å²) >= 11 is 0. The van der Waals surface area contributed by atoms with E-state index in [1.807, 2.05) is 6.07 Å². The summed E-state index contributed by atoms with van der Waals surface area (Å²) in [7, 11) is 0. The summed E-state index contributed by atoms with van der Waals surface area (Å²) in [5.74, 6) is 0. The first kappa shape index (κ1) is 20.5. The maximum absolute atomic E-state index is 3.67. The minimum absolute atomic E-state index is 0. The Hall–Kier alpha value is -3.06. The molecule has 0 saturated heterocycles. The summed E-state index contributed by atoms with van der Waals surface area (Å²) in [5, 5.41) is 12.4. The van der Waals surface area contributed by atoms with Crippen molar-refractivity contribution < 1.29 is 32.7 Å². The summed E-state index contributed by atoms with van der Waals surface area (Å²) in [5.41, 5.74) is 2.19. The number of hydrogen-bond acceptors (Lipinski definition) is 0. The molecule has 0 saturated carbocycles. The van der Waals surface area contributed by atoms with Crippen LogP contribution in [0.25, 0.3) is 65.0 Å². The van der Waals surface area contributed by atoms with Gasteiger partial charge >= 0.3 is 0 Å². The average molecular weight is 491 g/mol. The van der Waals surface area contributed by atoms with Gasteiger partial charge in [0.15, 0.2) is 0 Å². The minimum atomic E-state index is 0. The van der Waals surface area contributed by atoms with Crippen LogP contribution in [-0.4, -0.2) is 0 Å². The molecular weight excluding hydrogens is 473 g/mol. The van der Waals surface area contributed by atoms with Crippen LogP contribution in [0.2, 0.25) is 0 Å². The van der Waals surface area contributed by atoms with Gasteiger partial charge in [0.2, 0.25) is 0 Å². The van der Waals surface area contributed by atoms with Gasteiger partial charge in [-0.05, 0) is 45.1 Å². The van der Waals surface area contributed by atoms with Crippen LogP contribution >= 0.6 is 0 Å². The molecule has 151 valence electrons. The third-order valence-electron chi connectivity index (χ3n) is 6.52. The fourth-order valence-corrected chi connectivity index (χ4v) is 4.90. The number of rotatable bonds is 1. The topological polar surface area (TPSA) is 0 Å².